The van der Waals surface area contributed by atoms with Crippen LogP contribution in [0.4, 0.5) is 5.82 Å². The molecule has 5 heteroatoms. The van der Waals surface area contributed by atoms with E-state index in [1.165, 1.54) is 19.3 Å². The van der Waals surface area contributed by atoms with Gasteiger partial charge in [-0.25, -0.2) is 4.98 Å². The van der Waals surface area contributed by atoms with Crippen LogP contribution in [0.25, 0.3) is 0 Å². The molecule has 19 heavy (non-hydrogen) atoms. The van der Waals surface area contributed by atoms with Gasteiger partial charge < -0.3 is 10.2 Å². The zero-order chi connectivity index (χ0) is 13.4. The molecule has 3 rings (SSSR count). The van der Waals surface area contributed by atoms with Crippen LogP contribution in [0, 0.1) is 11.8 Å². The molecule has 1 amide bonds. The molecule has 1 aromatic rings. The molecule has 1 aliphatic carbocycles. The van der Waals surface area contributed by atoms with Gasteiger partial charge in [0.05, 0.1) is 0 Å². The quantitative estimate of drug-likeness (QED) is 0.847. The lowest BCUT2D eigenvalue weighted by molar-refractivity contribution is 0.0780. The summed E-state index contributed by atoms with van der Waals surface area (Å²) in [5.74, 6) is 2.14. The van der Waals surface area contributed by atoms with Crippen LogP contribution in [0.15, 0.2) is 12.1 Å². The van der Waals surface area contributed by atoms with Crippen LogP contribution in [-0.4, -0.2) is 35.9 Å². The lowest BCUT2D eigenvalue weighted by Gasteiger charge is -2.17. The molecule has 0 radical (unpaired) electrons. The molecule has 2 heterocycles. The number of amides is 1. The predicted octanol–water partition coefficient (Wildman–Crippen LogP) is 2.65. The summed E-state index contributed by atoms with van der Waals surface area (Å²) in [6, 6.07) is 3.42. The molecule has 0 aromatic carbocycles. The number of halogens is 1. The molecule has 1 aliphatic heterocycles. The second-order valence-corrected chi connectivity index (χ2v) is 5.86. The first kappa shape index (κ1) is 12.7. The number of nitrogens with zero attached hydrogens (tertiary/aromatic N) is 2. The van der Waals surface area contributed by atoms with Crippen molar-refractivity contribution in [1.82, 2.24) is 9.88 Å². The summed E-state index contributed by atoms with van der Waals surface area (Å²) >= 11 is 5.95. The minimum atomic E-state index is 0.0789. The number of fused-ring (bicyclic) bond motifs is 1. The Morgan fingerprint density at radius 3 is 2.68 bits per heavy atom. The van der Waals surface area contributed by atoms with Gasteiger partial charge in [-0.2, -0.15) is 0 Å². The molecule has 1 saturated heterocycles. The fourth-order valence-corrected chi connectivity index (χ4v) is 3.54. The van der Waals surface area contributed by atoms with Crippen molar-refractivity contribution in [3.8, 4) is 0 Å². The van der Waals surface area contributed by atoms with Crippen LogP contribution in [0.3, 0.4) is 0 Å². The monoisotopic (exact) mass is 279 g/mol. The van der Waals surface area contributed by atoms with E-state index < -0.39 is 0 Å². The van der Waals surface area contributed by atoms with E-state index >= 15 is 0 Å². The standard InChI is InChI=1S/C14H18ClN3O/c1-16-13-6-11(5-12(15)17-13)14(19)18-7-9-3-2-4-10(9)8-18/h5-6,9-10H,2-4,7-8H2,1H3,(H,16,17). The molecule has 2 unspecified atom stereocenters. The lowest BCUT2D eigenvalue weighted by Crippen LogP contribution is -2.29. The second-order valence-electron chi connectivity index (χ2n) is 5.47. The van der Waals surface area contributed by atoms with E-state index in [1.807, 2.05) is 4.90 Å². The smallest absolute Gasteiger partial charge is 0.254 e. The predicted molar refractivity (Wildman–Crippen MR) is 75.5 cm³/mol. The number of hydrogen-bond acceptors (Lipinski definition) is 3. The molecule has 0 spiro atoms. The Balaban J connectivity index is 1.79. The summed E-state index contributed by atoms with van der Waals surface area (Å²) in [4.78, 5) is 18.6. The van der Waals surface area contributed by atoms with Crippen LogP contribution in [0.1, 0.15) is 29.6 Å². The molecule has 2 fully saturated rings. The zero-order valence-electron chi connectivity index (χ0n) is 11.0. The van der Waals surface area contributed by atoms with Crippen LogP contribution in [0.5, 0.6) is 0 Å². The highest BCUT2D eigenvalue weighted by Crippen LogP contribution is 2.38. The number of carbonyl (C=O) groups is 1. The molecule has 0 bridgehead atoms. The van der Waals surface area contributed by atoms with Gasteiger partial charge >= 0.3 is 0 Å². The normalized spacial score (nSPS) is 25.5. The SMILES string of the molecule is CNc1cc(C(=O)N2CC3CCCC3C2)cc(Cl)n1. The summed E-state index contributed by atoms with van der Waals surface area (Å²) < 4.78 is 0. The van der Waals surface area contributed by atoms with Crippen LogP contribution in [0.2, 0.25) is 5.15 Å². The third-order valence-corrected chi connectivity index (χ3v) is 4.50. The summed E-state index contributed by atoms with van der Waals surface area (Å²) in [5.41, 5.74) is 0.629. The number of anilines is 1. The number of carbonyl (C=O) groups excluding carboxylic acids is 1. The first-order chi connectivity index (χ1) is 9.17. The van der Waals surface area contributed by atoms with Gasteiger partial charge in [-0.05, 0) is 36.8 Å². The fourth-order valence-electron chi connectivity index (χ4n) is 3.33. The Hall–Kier alpha value is -1.29. The number of likely N-dealkylation sites (tertiary alicyclic amines) is 1. The van der Waals surface area contributed by atoms with Crippen LogP contribution >= 0.6 is 11.6 Å². The highest BCUT2D eigenvalue weighted by Gasteiger charge is 2.38. The Morgan fingerprint density at radius 2 is 2.05 bits per heavy atom. The van der Waals surface area contributed by atoms with Crippen molar-refractivity contribution >= 4 is 23.3 Å². The van der Waals surface area contributed by atoms with E-state index in [0.29, 0.717) is 28.4 Å². The first-order valence-corrected chi connectivity index (χ1v) is 7.20. The van der Waals surface area contributed by atoms with Crippen LogP contribution < -0.4 is 5.32 Å². The van der Waals surface area contributed by atoms with Gasteiger partial charge in [-0.1, -0.05) is 18.0 Å². The highest BCUT2D eigenvalue weighted by atomic mass is 35.5. The number of aromatic nitrogens is 1. The number of nitrogens with one attached hydrogen (secondary N) is 1. The van der Waals surface area contributed by atoms with Crippen molar-refractivity contribution in [3.63, 3.8) is 0 Å². The van der Waals surface area contributed by atoms with Gasteiger partial charge in [0.1, 0.15) is 11.0 Å². The summed E-state index contributed by atoms with van der Waals surface area (Å²) in [6.07, 6.45) is 3.86. The van der Waals surface area contributed by atoms with Gasteiger partial charge in [-0.3, -0.25) is 4.79 Å². The molecule has 1 N–H and O–H groups in total. The van der Waals surface area contributed by atoms with E-state index in [-0.39, 0.29) is 5.91 Å². The van der Waals surface area contributed by atoms with Crippen molar-refractivity contribution in [3.05, 3.63) is 22.8 Å². The average molecular weight is 280 g/mol. The van der Waals surface area contributed by atoms with Gasteiger partial charge in [0.15, 0.2) is 0 Å². The van der Waals surface area contributed by atoms with Crippen molar-refractivity contribution in [2.75, 3.05) is 25.5 Å². The zero-order valence-corrected chi connectivity index (χ0v) is 11.8. The maximum atomic E-state index is 12.5. The molecule has 102 valence electrons. The number of pyridine rings is 1. The maximum Gasteiger partial charge on any atom is 0.254 e. The summed E-state index contributed by atoms with van der Waals surface area (Å²) in [6.45, 7) is 1.80. The average Bonchev–Trinajstić information content (AvgIpc) is 2.97. The van der Waals surface area contributed by atoms with Gasteiger partial charge in [0.2, 0.25) is 0 Å². The number of rotatable bonds is 2. The largest absolute Gasteiger partial charge is 0.373 e. The lowest BCUT2D eigenvalue weighted by atomic mass is 10.0. The van der Waals surface area contributed by atoms with Crippen LogP contribution in [-0.2, 0) is 0 Å². The minimum Gasteiger partial charge on any atom is -0.373 e. The molecule has 1 saturated carbocycles. The van der Waals surface area contributed by atoms with Crippen molar-refractivity contribution < 1.29 is 4.79 Å². The van der Waals surface area contributed by atoms with Crippen molar-refractivity contribution in [2.24, 2.45) is 11.8 Å². The van der Waals surface area contributed by atoms with Crippen molar-refractivity contribution in [2.45, 2.75) is 19.3 Å². The Morgan fingerprint density at radius 1 is 1.37 bits per heavy atom. The third kappa shape index (κ3) is 2.41. The summed E-state index contributed by atoms with van der Waals surface area (Å²) in [7, 11) is 1.77. The summed E-state index contributed by atoms with van der Waals surface area (Å²) in [5, 5.41) is 3.28. The van der Waals surface area contributed by atoms with Gasteiger partial charge in [-0.15, -0.1) is 0 Å². The van der Waals surface area contributed by atoms with E-state index in [2.05, 4.69) is 10.3 Å². The fraction of sp³-hybridized carbons (Fsp3) is 0.571. The topological polar surface area (TPSA) is 45.2 Å². The highest BCUT2D eigenvalue weighted by molar-refractivity contribution is 6.29. The Labute approximate surface area is 118 Å². The van der Waals surface area contributed by atoms with Gasteiger partial charge in [0.25, 0.3) is 5.91 Å². The van der Waals surface area contributed by atoms with E-state index in [9.17, 15) is 4.79 Å². The second kappa shape index (κ2) is 5.00. The molecule has 2 aliphatic rings. The van der Waals surface area contributed by atoms with Crippen molar-refractivity contribution in [1.29, 1.82) is 0 Å². The maximum absolute atomic E-state index is 12.5. The Kier molecular flexibility index (Phi) is 3.35. The molecular formula is C14H18ClN3O. The minimum absolute atomic E-state index is 0.0789. The molecule has 4 nitrogen and oxygen atoms in total. The Bertz CT molecular complexity index is 493. The first-order valence-electron chi connectivity index (χ1n) is 6.82. The van der Waals surface area contributed by atoms with Gasteiger partial charge in [0, 0.05) is 25.7 Å². The molecular weight excluding hydrogens is 262 g/mol. The third-order valence-electron chi connectivity index (χ3n) is 4.31. The van der Waals surface area contributed by atoms with E-state index in [4.69, 9.17) is 11.6 Å². The number of hydrogen-bond donors (Lipinski definition) is 1. The molecule has 1 aromatic heterocycles. The van der Waals surface area contributed by atoms with E-state index in [0.717, 1.165) is 13.1 Å². The molecule has 2 atom stereocenters. The van der Waals surface area contributed by atoms with E-state index in [1.54, 1.807) is 19.2 Å².